The third-order valence-electron chi connectivity index (χ3n) is 3.76. The molecule has 0 N–H and O–H groups in total. The standard InChI is InChI=1S/C10H17ClO/c1-9(2)6-10(9,7-11)8-4-3-5-12-8/h8H,3-7H2,1-2H3. The SMILES string of the molecule is CC1(C)CC1(CCl)C1CCCO1. The van der Waals surface area contributed by atoms with Crippen molar-refractivity contribution in [1.82, 2.24) is 0 Å². The van der Waals surface area contributed by atoms with Gasteiger partial charge in [-0.2, -0.15) is 0 Å². The van der Waals surface area contributed by atoms with Gasteiger partial charge in [-0.1, -0.05) is 13.8 Å². The minimum absolute atomic E-state index is 0.311. The second kappa shape index (κ2) is 2.62. The first kappa shape index (κ1) is 8.83. The maximum Gasteiger partial charge on any atom is 0.0648 e. The van der Waals surface area contributed by atoms with E-state index in [1.165, 1.54) is 19.3 Å². The molecule has 1 heterocycles. The third kappa shape index (κ3) is 1.03. The molecule has 1 saturated carbocycles. The van der Waals surface area contributed by atoms with E-state index in [0.717, 1.165) is 12.5 Å². The molecule has 0 aromatic rings. The quantitative estimate of drug-likeness (QED) is 0.606. The Morgan fingerprint density at radius 1 is 1.50 bits per heavy atom. The van der Waals surface area contributed by atoms with Crippen molar-refractivity contribution < 1.29 is 4.74 Å². The van der Waals surface area contributed by atoms with Gasteiger partial charge in [-0.15, -0.1) is 11.6 Å². The van der Waals surface area contributed by atoms with Crippen molar-refractivity contribution in [2.24, 2.45) is 10.8 Å². The molecule has 12 heavy (non-hydrogen) atoms. The molecule has 2 atom stereocenters. The van der Waals surface area contributed by atoms with E-state index in [2.05, 4.69) is 13.8 Å². The summed E-state index contributed by atoms with van der Waals surface area (Å²) in [6.45, 7) is 5.55. The highest BCUT2D eigenvalue weighted by atomic mass is 35.5. The summed E-state index contributed by atoms with van der Waals surface area (Å²) < 4.78 is 5.72. The largest absolute Gasteiger partial charge is 0.378 e. The molecule has 0 aromatic heterocycles. The lowest BCUT2D eigenvalue weighted by Crippen LogP contribution is -2.27. The summed E-state index contributed by atoms with van der Waals surface area (Å²) >= 11 is 6.04. The van der Waals surface area contributed by atoms with Crippen molar-refractivity contribution in [1.29, 1.82) is 0 Å². The summed E-state index contributed by atoms with van der Waals surface area (Å²) in [5.74, 6) is 0.769. The molecule has 0 amide bonds. The molecule has 1 aliphatic heterocycles. The molecular weight excluding hydrogens is 172 g/mol. The minimum atomic E-state index is 0.311. The van der Waals surface area contributed by atoms with Crippen molar-refractivity contribution in [2.75, 3.05) is 12.5 Å². The molecule has 1 nitrogen and oxygen atoms in total. The van der Waals surface area contributed by atoms with Crippen LogP contribution in [0.1, 0.15) is 33.1 Å². The molecule has 0 aromatic carbocycles. The molecule has 2 rings (SSSR count). The number of rotatable bonds is 2. The van der Waals surface area contributed by atoms with E-state index in [4.69, 9.17) is 16.3 Å². The average molecular weight is 189 g/mol. The fourth-order valence-electron chi connectivity index (χ4n) is 2.62. The minimum Gasteiger partial charge on any atom is -0.378 e. The molecule has 70 valence electrons. The predicted octanol–water partition coefficient (Wildman–Crippen LogP) is 2.82. The Bertz CT molecular complexity index is 184. The molecule has 1 saturated heterocycles. The number of hydrogen-bond donors (Lipinski definition) is 0. The van der Waals surface area contributed by atoms with Gasteiger partial charge in [-0.25, -0.2) is 0 Å². The first-order valence-electron chi connectivity index (χ1n) is 4.80. The Labute approximate surface area is 79.4 Å². The zero-order valence-corrected chi connectivity index (χ0v) is 8.66. The number of halogens is 1. The Balaban J connectivity index is 2.09. The predicted molar refractivity (Wildman–Crippen MR) is 50.5 cm³/mol. The average Bonchev–Trinajstić information content (AvgIpc) is 2.52. The molecule has 0 bridgehead atoms. The van der Waals surface area contributed by atoms with E-state index < -0.39 is 0 Å². The van der Waals surface area contributed by atoms with E-state index in [9.17, 15) is 0 Å². The van der Waals surface area contributed by atoms with Gasteiger partial charge in [0.25, 0.3) is 0 Å². The first-order valence-corrected chi connectivity index (χ1v) is 5.33. The third-order valence-corrected chi connectivity index (χ3v) is 4.24. The maximum atomic E-state index is 6.04. The van der Waals surface area contributed by atoms with Crippen LogP contribution in [0.3, 0.4) is 0 Å². The van der Waals surface area contributed by atoms with Gasteiger partial charge in [0.05, 0.1) is 6.10 Å². The smallest absolute Gasteiger partial charge is 0.0648 e. The van der Waals surface area contributed by atoms with E-state index in [-0.39, 0.29) is 0 Å². The van der Waals surface area contributed by atoms with Crippen molar-refractivity contribution in [3.05, 3.63) is 0 Å². The number of ether oxygens (including phenoxy) is 1. The molecule has 0 spiro atoms. The van der Waals surface area contributed by atoms with Crippen molar-refractivity contribution in [3.8, 4) is 0 Å². The summed E-state index contributed by atoms with van der Waals surface area (Å²) in [6.07, 6.45) is 4.13. The maximum absolute atomic E-state index is 6.04. The van der Waals surface area contributed by atoms with Gasteiger partial charge in [0.2, 0.25) is 0 Å². The Kier molecular flexibility index (Phi) is 1.93. The van der Waals surface area contributed by atoms with Crippen LogP contribution in [0.2, 0.25) is 0 Å². The lowest BCUT2D eigenvalue weighted by atomic mass is 9.90. The normalized spacial score (nSPS) is 44.8. The topological polar surface area (TPSA) is 9.23 Å². The zero-order valence-electron chi connectivity index (χ0n) is 7.90. The lowest BCUT2D eigenvalue weighted by Gasteiger charge is -2.24. The summed E-state index contributed by atoms with van der Waals surface area (Å²) in [4.78, 5) is 0. The highest BCUT2D eigenvalue weighted by Crippen LogP contribution is 2.67. The highest BCUT2D eigenvalue weighted by Gasteiger charge is 2.65. The molecule has 2 fully saturated rings. The van der Waals surface area contributed by atoms with Gasteiger partial charge < -0.3 is 4.74 Å². The fourth-order valence-corrected chi connectivity index (χ4v) is 3.25. The zero-order chi connectivity index (χ0) is 8.82. The number of hydrogen-bond acceptors (Lipinski definition) is 1. The second-order valence-corrected chi connectivity index (χ2v) is 5.12. The summed E-state index contributed by atoms with van der Waals surface area (Å²) in [5.41, 5.74) is 0.731. The fraction of sp³-hybridized carbons (Fsp3) is 1.00. The Morgan fingerprint density at radius 3 is 2.50 bits per heavy atom. The van der Waals surface area contributed by atoms with Gasteiger partial charge in [-0.3, -0.25) is 0 Å². The molecule has 2 heteroatoms. The van der Waals surface area contributed by atoms with Crippen LogP contribution in [-0.4, -0.2) is 18.6 Å². The van der Waals surface area contributed by atoms with Crippen molar-refractivity contribution in [2.45, 2.75) is 39.2 Å². The van der Waals surface area contributed by atoms with E-state index in [0.29, 0.717) is 16.9 Å². The highest BCUT2D eigenvalue weighted by molar-refractivity contribution is 6.18. The van der Waals surface area contributed by atoms with Crippen LogP contribution in [0.4, 0.5) is 0 Å². The second-order valence-electron chi connectivity index (χ2n) is 4.85. The molecule has 0 radical (unpaired) electrons. The Hall–Kier alpha value is 0.250. The summed E-state index contributed by atoms with van der Waals surface area (Å²) in [7, 11) is 0. The van der Waals surface area contributed by atoms with Crippen LogP contribution in [0, 0.1) is 10.8 Å². The molecular formula is C10H17ClO. The molecule has 2 unspecified atom stereocenters. The summed E-state index contributed by atoms with van der Waals surface area (Å²) in [6, 6.07) is 0. The monoisotopic (exact) mass is 188 g/mol. The van der Waals surface area contributed by atoms with Crippen LogP contribution in [0.15, 0.2) is 0 Å². The first-order chi connectivity index (χ1) is 5.62. The van der Waals surface area contributed by atoms with Crippen molar-refractivity contribution in [3.63, 3.8) is 0 Å². The van der Waals surface area contributed by atoms with Gasteiger partial charge in [0.1, 0.15) is 0 Å². The van der Waals surface area contributed by atoms with Gasteiger partial charge in [0.15, 0.2) is 0 Å². The van der Waals surface area contributed by atoms with Crippen LogP contribution < -0.4 is 0 Å². The van der Waals surface area contributed by atoms with Crippen LogP contribution in [0.25, 0.3) is 0 Å². The van der Waals surface area contributed by atoms with Gasteiger partial charge in [0, 0.05) is 17.9 Å². The van der Waals surface area contributed by atoms with Crippen LogP contribution >= 0.6 is 11.6 Å². The van der Waals surface area contributed by atoms with E-state index in [1.807, 2.05) is 0 Å². The lowest BCUT2D eigenvalue weighted by molar-refractivity contribution is 0.0452. The van der Waals surface area contributed by atoms with Gasteiger partial charge in [-0.05, 0) is 24.7 Å². The Morgan fingerprint density at radius 2 is 2.17 bits per heavy atom. The summed E-state index contributed by atoms with van der Waals surface area (Å²) in [5, 5.41) is 0. The van der Waals surface area contributed by atoms with E-state index in [1.54, 1.807) is 0 Å². The molecule has 1 aliphatic carbocycles. The van der Waals surface area contributed by atoms with Gasteiger partial charge >= 0.3 is 0 Å². The van der Waals surface area contributed by atoms with Crippen LogP contribution in [0.5, 0.6) is 0 Å². The molecule has 2 aliphatic rings. The van der Waals surface area contributed by atoms with Crippen molar-refractivity contribution >= 4 is 11.6 Å². The number of alkyl halides is 1. The van der Waals surface area contributed by atoms with E-state index >= 15 is 0 Å². The van der Waals surface area contributed by atoms with Crippen LogP contribution in [-0.2, 0) is 4.74 Å².